The van der Waals surface area contributed by atoms with Crippen LogP contribution in [0.1, 0.15) is 26.7 Å². The molecule has 2 N–H and O–H groups in total. The Balaban J connectivity index is 4.28. The average molecular weight is 223 g/mol. The first-order valence-corrected chi connectivity index (χ1v) is 5.46. The summed E-state index contributed by atoms with van der Waals surface area (Å²) in [6.07, 6.45) is 1.16. The summed E-state index contributed by atoms with van der Waals surface area (Å²) >= 11 is 0. The van der Waals surface area contributed by atoms with Crippen LogP contribution < -0.4 is 5.73 Å². The Bertz CT molecular complexity index is 150. The largest absolute Gasteiger partial charge is 0.332 e. The van der Waals surface area contributed by atoms with Crippen LogP contribution in [-0.2, 0) is 18.6 Å². The minimum absolute atomic E-state index is 0.431. The first-order valence-electron chi connectivity index (χ1n) is 4.73. The molecular formula is C8H18NO4P. The molecule has 0 saturated carbocycles. The number of hydrogen-bond donors (Lipinski definition) is 1. The first-order chi connectivity index (χ1) is 6.74. The van der Waals surface area contributed by atoms with Crippen molar-refractivity contribution in [1.82, 2.24) is 0 Å². The van der Waals surface area contributed by atoms with E-state index in [0.29, 0.717) is 32.6 Å². The second-order valence-electron chi connectivity index (χ2n) is 2.61. The van der Waals surface area contributed by atoms with Crippen LogP contribution in [0.25, 0.3) is 0 Å². The van der Waals surface area contributed by atoms with Gasteiger partial charge in [0.2, 0.25) is 0 Å². The number of hydrogen-bond acceptors (Lipinski definition) is 5. The molecule has 0 heterocycles. The van der Waals surface area contributed by atoms with Gasteiger partial charge in [-0.15, -0.1) is 0 Å². The lowest BCUT2D eigenvalue weighted by Gasteiger charge is -2.29. The zero-order valence-electron chi connectivity index (χ0n) is 8.69. The van der Waals surface area contributed by atoms with E-state index in [1.165, 1.54) is 0 Å². The third kappa shape index (κ3) is 4.98. The minimum Gasteiger partial charge on any atom is -0.330 e. The van der Waals surface area contributed by atoms with E-state index >= 15 is 0 Å². The molecule has 0 fully saturated rings. The second kappa shape index (κ2) is 8.26. The van der Waals surface area contributed by atoms with E-state index in [-0.39, 0.29) is 0 Å². The molecular weight excluding hydrogens is 205 g/mol. The summed E-state index contributed by atoms with van der Waals surface area (Å²) in [4.78, 5) is 0. The summed E-state index contributed by atoms with van der Waals surface area (Å²) in [6, 6.07) is 0. The molecule has 0 unspecified atom stereocenters. The Morgan fingerprint density at radius 1 is 1.29 bits per heavy atom. The summed E-state index contributed by atoms with van der Waals surface area (Å²) in [5.74, 6) is -1.20. The Morgan fingerprint density at radius 2 is 1.86 bits per heavy atom. The third-order valence-corrected chi connectivity index (χ3v) is 1.94. The van der Waals surface area contributed by atoms with Crippen LogP contribution in [0.4, 0.5) is 0 Å². The van der Waals surface area contributed by atoms with Crippen molar-refractivity contribution in [3.05, 3.63) is 0 Å². The molecule has 0 aliphatic carbocycles. The van der Waals surface area contributed by atoms with Gasteiger partial charge in [-0.2, -0.15) is 0 Å². The van der Waals surface area contributed by atoms with E-state index in [1.807, 2.05) is 13.8 Å². The van der Waals surface area contributed by atoms with Gasteiger partial charge in [0, 0.05) is 19.6 Å². The van der Waals surface area contributed by atoms with E-state index in [9.17, 15) is 4.57 Å². The molecule has 0 spiro atoms. The highest BCUT2D eigenvalue weighted by Crippen LogP contribution is 2.26. The third-order valence-electron chi connectivity index (χ3n) is 1.59. The molecule has 0 atom stereocenters. The summed E-state index contributed by atoms with van der Waals surface area (Å²) in [5, 5.41) is 0. The number of ether oxygens (including phenoxy) is 2. The first kappa shape index (κ1) is 13.9. The minimum atomic E-state index is -1.20. The summed E-state index contributed by atoms with van der Waals surface area (Å²) < 4.78 is 26.0. The van der Waals surface area contributed by atoms with Gasteiger partial charge in [0.1, 0.15) is 0 Å². The van der Waals surface area contributed by atoms with E-state index in [2.05, 4.69) is 0 Å². The number of rotatable bonds is 9. The number of nitrogens with two attached hydrogens (primary N) is 1. The Kier molecular flexibility index (Phi) is 8.23. The topological polar surface area (TPSA) is 70.8 Å². The van der Waals surface area contributed by atoms with Gasteiger partial charge in [-0.05, 0) is 26.8 Å². The fourth-order valence-electron chi connectivity index (χ4n) is 1.10. The molecule has 0 amide bonds. The molecule has 0 bridgehead atoms. The maximum absolute atomic E-state index is 10.4. The fourth-order valence-corrected chi connectivity index (χ4v) is 1.41. The van der Waals surface area contributed by atoms with Crippen LogP contribution in [0, 0.1) is 0 Å². The van der Waals surface area contributed by atoms with E-state index in [4.69, 9.17) is 19.7 Å². The van der Waals surface area contributed by atoms with Gasteiger partial charge in [-0.1, -0.05) is 0 Å². The van der Waals surface area contributed by atoms with Crippen molar-refractivity contribution in [1.29, 1.82) is 0 Å². The van der Waals surface area contributed by atoms with Crippen LogP contribution >= 0.6 is 8.69 Å². The van der Waals surface area contributed by atoms with Crippen LogP contribution in [0.3, 0.4) is 0 Å². The van der Waals surface area contributed by atoms with E-state index in [0.717, 1.165) is 0 Å². The summed E-state index contributed by atoms with van der Waals surface area (Å²) in [5.41, 5.74) is 5.38. The van der Waals surface area contributed by atoms with Crippen LogP contribution in [0.2, 0.25) is 0 Å². The monoisotopic (exact) mass is 223 g/mol. The van der Waals surface area contributed by atoms with E-state index < -0.39 is 14.7 Å². The highest BCUT2D eigenvalue weighted by atomic mass is 31.1. The summed E-state index contributed by atoms with van der Waals surface area (Å²) in [6.45, 7) is 5.02. The predicted molar refractivity (Wildman–Crippen MR) is 53.0 cm³/mol. The highest BCUT2D eigenvalue weighted by molar-refractivity contribution is 7.17. The van der Waals surface area contributed by atoms with Crippen LogP contribution in [0.5, 0.6) is 0 Å². The molecule has 5 nitrogen and oxygen atoms in total. The maximum atomic E-state index is 10.4. The van der Waals surface area contributed by atoms with Gasteiger partial charge in [-0.3, -0.25) is 0 Å². The van der Waals surface area contributed by atoms with Crippen molar-refractivity contribution in [2.45, 2.75) is 32.7 Å². The smallest absolute Gasteiger partial charge is 0.330 e. The standard InChI is InChI=1S/C8H18NO4P/c1-3-11-8(12-4-2,13-14-10)6-5-7-9/h3-7,9H2,1-2H3. The van der Waals surface area contributed by atoms with Crippen molar-refractivity contribution >= 4 is 8.69 Å². The second-order valence-corrected chi connectivity index (χ2v) is 2.94. The van der Waals surface area contributed by atoms with E-state index in [1.54, 1.807) is 0 Å². The average Bonchev–Trinajstić information content (AvgIpc) is 2.16. The van der Waals surface area contributed by atoms with Gasteiger partial charge >= 0.3 is 8.69 Å². The molecule has 0 saturated heterocycles. The highest BCUT2D eigenvalue weighted by Gasteiger charge is 2.32. The molecule has 14 heavy (non-hydrogen) atoms. The lowest BCUT2D eigenvalue weighted by atomic mass is 10.2. The molecule has 0 aromatic rings. The molecule has 84 valence electrons. The van der Waals surface area contributed by atoms with Crippen molar-refractivity contribution in [2.24, 2.45) is 5.73 Å². The molecule has 0 aromatic carbocycles. The lowest BCUT2D eigenvalue weighted by molar-refractivity contribution is -0.341. The van der Waals surface area contributed by atoms with Crippen molar-refractivity contribution in [3.63, 3.8) is 0 Å². The zero-order chi connectivity index (χ0) is 10.9. The molecule has 0 aliphatic rings. The molecule has 6 heteroatoms. The molecule has 0 rings (SSSR count). The quantitative estimate of drug-likeness (QED) is 0.475. The Hall–Kier alpha value is -0.0600. The van der Waals surface area contributed by atoms with Crippen molar-refractivity contribution in [2.75, 3.05) is 19.8 Å². The van der Waals surface area contributed by atoms with Crippen LogP contribution in [0.15, 0.2) is 0 Å². The SMILES string of the molecule is CCOC(CCCN)(OCC)OP=O. The van der Waals surface area contributed by atoms with Gasteiger partial charge in [0.15, 0.2) is 0 Å². The normalized spacial score (nSPS) is 12.2. The fraction of sp³-hybridized carbons (Fsp3) is 1.00. The maximum Gasteiger partial charge on any atom is 0.332 e. The molecule has 0 aliphatic heterocycles. The Morgan fingerprint density at radius 3 is 2.21 bits per heavy atom. The van der Waals surface area contributed by atoms with Gasteiger partial charge in [0.05, 0.1) is 0 Å². The van der Waals surface area contributed by atoms with Crippen LogP contribution in [-0.4, -0.2) is 25.7 Å². The lowest BCUT2D eigenvalue weighted by Crippen LogP contribution is -2.37. The summed E-state index contributed by atoms with van der Waals surface area (Å²) in [7, 11) is -0.451. The predicted octanol–water partition coefficient (Wildman–Crippen LogP) is 1.68. The van der Waals surface area contributed by atoms with Crippen molar-refractivity contribution in [3.8, 4) is 0 Å². The molecule has 0 aromatic heterocycles. The zero-order valence-corrected chi connectivity index (χ0v) is 9.59. The molecule has 0 radical (unpaired) electrons. The van der Waals surface area contributed by atoms with Gasteiger partial charge < -0.3 is 15.2 Å². The Labute approximate surface area is 86.2 Å². The van der Waals surface area contributed by atoms with Gasteiger partial charge in [-0.25, -0.2) is 9.09 Å². The van der Waals surface area contributed by atoms with Gasteiger partial charge in [0.25, 0.3) is 5.97 Å². The van der Waals surface area contributed by atoms with Crippen molar-refractivity contribution < 1.29 is 18.6 Å².